The molecule has 1 heterocycles. The Morgan fingerprint density at radius 3 is 3.20 bits per heavy atom. The molecule has 0 aromatic heterocycles. The number of allylic oxidation sites excluding steroid dienone is 2. The number of hydrogen-bond acceptors (Lipinski definition) is 2. The van der Waals surface area contributed by atoms with Gasteiger partial charge in [-0.15, -0.1) is 0 Å². The van der Waals surface area contributed by atoms with E-state index in [1.807, 2.05) is 29.7 Å². The average molecular weight is 152 g/mol. The summed E-state index contributed by atoms with van der Waals surface area (Å²) in [7, 11) is 0. The van der Waals surface area contributed by atoms with Crippen LogP contribution < -0.4 is 0 Å². The summed E-state index contributed by atoms with van der Waals surface area (Å²) in [5.41, 5.74) is 1.10. The summed E-state index contributed by atoms with van der Waals surface area (Å²) >= 11 is 1.22. The van der Waals surface area contributed by atoms with Crippen molar-refractivity contribution in [1.29, 1.82) is 0 Å². The van der Waals surface area contributed by atoms with E-state index in [9.17, 15) is 4.91 Å². The van der Waals surface area contributed by atoms with Gasteiger partial charge in [-0.05, 0) is 6.08 Å². The Labute approximate surface area is 63.0 Å². The SMILES string of the molecule is O=[N+]1SC=C2C=CC=CC21. The van der Waals surface area contributed by atoms with Crippen LogP contribution in [-0.2, 0) is 0 Å². The molecule has 2 nitrogen and oxygen atoms in total. The van der Waals surface area contributed by atoms with E-state index in [1.165, 1.54) is 11.9 Å². The molecule has 2 rings (SSSR count). The van der Waals surface area contributed by atoms with Gasteiger partial charge in [-0.1, -0.05) is 18.2 Å². The molecule has 2 aliphatic rings. The third-order valence-electron chi connectivity index (χ3n) is 1.55. The molecular weight excluding hydrogens is 146 g/mol. The second-order valence-electron chi connectivity index (χ2n) is 2.20. The van der Waals surface area contributed by atoms with Gasteiger partial charge in [-0.25, -0.2) is 0 Å². The van der Waals surface area contributed by atoms with Gasteiger partial charge >= 0.3 is 0 Å². The molecule has 0 saturated heterocycles. The maximum Gasteiger partial charge on any atom is 0.261 e. The van der Waals surface area contributed by atoms with Crippen LogP contribution >= 0.6 is 11.9 Å². The fourth-order valence-corrected chi connectivity index (χ4v) is 1.79. The second kappa shape index (κ2) is 2.09. The van der Waals surface area contributed by atoms with Gasteiger partial charge in [-0.2, -0.15) is 0 Å². The van der Waals surface area contributed by atoms with Gasteiger partial charge in [0.2, 0.25) is 11.9 Å². The van der Waals surface area contributed by atoms with Crippen molar-refractivity contribution in [2.45, 2.75) is 6.04 Å². The number of hydrogen-bond donors (Lipinski definition) is 0. The molecule has 0 N–H and O–H groups in total. The van der Waals surface area contributed by atoms with Crippen LogP contribution in [0.4, 0.5) is 0 Å². The third kappa shape index (κ3) is 0.743. The Balaban J connectivity index is 2.39. The Morgan fingerprint density at radius 2 is 2.40 bits per heavy atom. The van der Waals surface area contributed by atoms with Crippen LogP contribution in [0.15, 0.2) is 35.3 Å². The van der Waals surface area contributed by atoms with Crippen molar-refractivity contribution in [1.82, 2.24) is 0 Å². The highest BCUT2D eigenvalue weighted by molar-refractivity contribution is 7.96. The lowest BCUT2D eigenvalue weighted by atomic mass is 10.1. The Morgan fingerprint density at radius 1 is 1.50 bits per heavy atom. The van der Waals surface area contributed by atoms with Gasteiger partial charge in [0.05, 0.1) is 9.57 Å². The van der Waals surface area contributed by atoms with Crippen LogP contribution in [0.1, 0.15) is 0 Å². The van der Waals surface area contributed by atoms with Crippen molar-refractivity contribution < 1.29 is 4.17 Å². The molecule has 0 saturated carbocycles. The maximum absolute atomic E-state index is 11.0. The zero-order chi connectivity index (χ0) is 6.97. The van der Waals surface area contributed by atoms with Crippen molar-refractivity contribution in [3.63, 3.8) is 0 Å². The molecule has 3 heteroatoms. The topological polar surface area (TPSA) is 20.1 Å². The smallest absolute Gasteiger partial charge is 0.0618 e. The Bertz CT molecular complexity index is 265. The quantitative estimate of drug-likeness (QED) is 0.389. The molecular formula is C7H6NOS+. The van der Waals surface area contributed by atoms with Gasteiger partial charge < -0.3 is 0 Å². The van der Waals surface area contributed by atoms with Crippen LogP contribution in [0.3, 0.4) is 0 Å². The molecule has 10 heavy (non-hydrogen) atoms. The largest absolute Gasteiger partial charge is 0.261 e. The van der Waals surface area contributed by atoms with Crippen molar-refractivity contribution in [3.8, 4) is 0 Å². The van der Waals surface area contributed by atoms with Crippen molar-refractivity contribution in [2.75, 3.05) is 0 Å². The van der Waals surface area contributed by atoms with Gasteiger partial charge in [0.15, 0.2) is 0 Å². The second-order valence-corrected chi connectivity index (χ2v) is 3.00. The third-order valence-corrected chi connectivity index (χ3v) is 2.37. The molecule has 0 bridgehead atoms. The van der Waals surface area contributed by atoms with E-state index in [-0.39, 0.29) is 6.04 Å². The van der Waals surface area contributed by atoms with Crippen LogP contribution in [0, 0.1) is 4.91 Å². The highest BCUT2D eigenvalue weighted by Crippen LogP contribution is 2.28. The number of nitroso groups, excluding NO2 is 1. The van der Waals surface area contributed by atoms with Gasteiger partial charge in [0.25, 0.3) is 6.04 Å². The van der Waals surface area contributed by atoms with Crippen LogP contribution in [0.25, 0.3) is 0 Å². The molecule has 1 atom stereocenters. The molecule has 0 aromatic rings. The predicted octanol–water partition coefficient (Wildman–Crippen LogP) is 1.81. The first kappa shape index (κ1) is 5.92. The molecule has 0 fully saturated rings. The van der Waals surface area contributed by atoms with Crippen molar-refractivity contribution in [3.05, 3.63) is 40.2 Å². The highest BCUT2D eigenvalue weighted by Gasteiger charge is 2.34. The summed E-state index contributed by atoms with van der Waals surface area (Å²) in [6, 6.07) is -0.0324. The van der Waals surface area contributed by atoms with Gasteiger partial charge in [0, 0.05) is 10.5 Å². The van der Waals surface area contributed by atoms with Gasteiger partial charge in [-0.3, -0.25) is 0 Å². The number of fused-ring (bicyclic) bond motifs is 1. The predicted molar refractivity (Wildman–Crippen MR) is 41.4 cm³/mol. The first-order valence-electron chi connectivity index (χ1n) is 3.06. The minimum atomic E-state index is -0.0324. The standard InChI is InChI=1S/C7H6NOS/c9-8-7-4-2-1-3-6(7)5-10-8/h1-5,7H/q+1. The minimum absolute atomic E-state index is 0.0324. The number of nitrogens with zero attached hydrogens (tertiary/aromatic N) is 1. The average Bonchev–Trinajstić information content (AvgIpc) is 2.34. The van der Waals surface area contributed by atoms with E-state index in [1.54, 1.807) is 0 Å². The summed E-state index contributed by atoms with van der Waals surface area (Å²) in [5.74, 6) is 0. The number of rotatable bonds is 0. The molecule has 0 amide bonds. The lowest BCUT2D eigenvalue weighted by molar-refractivity contribution is -0.387. The van der Waals surface area contributed by atoms with E-state index in [0.717, 1.165) is 9.74 Å². The summed E-state index contributed by atoms with van der Waals surface area (Å²) in [5, 5.41) is 1.89. The Hall–Kier alpha value is -0.830. The summed E-state index contributed by atoms with van der Waals surface area (Å²) in [4.78, 5) is 11.0. The zero-order valence-corrected chi connectivity index (χ0v) is 6.04. The molecule has 1 aliphatic carbocycles. The monoisotopic (exact) mass is 152 g/mol. The first-order valence-corrected chi connectivity index (χ1v) is 3.89. The first-order chi connectivity index (χ1) is 4.88. The summed E-state index contributed by atoms with van der Waals surface area (Å²) in [6.07, 6.45) is 7.72. The normalized spacial score (nSPS) is 28.6. The lowest BCUT2D eigenvalue weighted by Crippen LogP contribution is -2.13. The summed E-state index contributed by atoms with van der Waals surface area (Å²) < 4.78 is 0.995. The van der Waals surface area contributed by atoms with Crippen molar-refractivity contribution in [2.24, 2.45) is 0 Å². The lowest BCUT2D eigenvalue weighted by Gasteiger charge is -1.98. The molecule has 1 aliphatic heterocycles. The maximum atomic E-state index is 11.0. The van der Waals surface area contributed by atoms with E-state index < -0.39 is 0 Å². The van der Waals surface area contributed by atoms with E-state index >= 15 is 0 Å². The molecule has 50 valence electrons. The Kier molecular flexibility index (Phi) is 1.24. The molecule has 0 spiro atoms. The van der Waals surface area contributed by atoms with Crippen LogP contribution in [-0.4, -0.2) is 10.2 Å². The minimum Gasteiger partial charge on any atom is -0.0618 e. The van der Waals surface area contributed by atoms with Crippen LogP contribution in [0.2, 0.25) is 0 Å². The fraction of sp³-hybridized carbons (Fsp3) is 0.143. The fourth-order valence-electron chi connectivity index (χ4n) is 1.03. The molecule has 1 unspecified atom stereocenters. The summed E-state index contributed by atoms with van der Waals surface area (Å²) in [6.45, 7) is 0. The van der Waals surface area contributed by atoms with Gasteiger partial charge in [0.1, 0.15) is 0 Å². The van der Waals surface area contributed by atoms with Crippen molar-refractivity contribution >= 4 is 11.9 Å². The highest BCUT2D eigenvalue weighted by atomic mass is 32.2. The molecule has 0 radical (unpaired) electrons. The van der Waals surface area contributed by atoms with E-state index in [0.29, 0.717) is 0 Å². The molecule has 0 aromatic carbocycles. The van der Waals surface area contributed by atoms with E-state index in [2.05, 4.69) is 0 Å². The van der Waals surface area contributed by atoms with E-state index in [4.69, 9.17) is 0 Å². The zero-order valence-electron chi connectivity index (χ0n) is 5.23. The van der Waals surface area contributed by atoms with Crippen LogP contribution in [0.5, 0.6) is 0 Å².